The van der Waals surface area contributed by atoms with Gasteiger partial charge in [0.2, 0.25) is 0 Å². The lowest BCUT2D eigenvalue weighted by molar-refractivity contribution is -0.146. The van der Waals surface area contributed by atoms with Gasteiger partial charge in [-0.1, -0.05) is 6.92 Å². The maximum Gasteiger partial charge on any atom is 0.252 e. The molecule has 5 nitrogen and oxygen atoms in total. The van der Waals surface area contributed by atoms with E-state index in [1.54, 1.807) is 7.11 Å². The van der Waals surface area contributed by atoms with E-state index in [9.17, 15) is 4.79 Å². The van der Waals surface area contributed by atoms with E-state index in [1.807, 2.05) is 0 Å². The highest BCUT2D eigenvalue weighted by atomic mass is 35.5. The zero-order valence-electron chi connectivity index (χ0n) is 13.0. The lowest BCUT2D eigenvalue weighted by Crippen LogP contribution is -2.55. The molecule has 1 saturated carbocycles. The second kappa shape index (κ2) is 9.85. The number of hydrogen-bond donors (Lipinski definition) is 2. The highest BCUT2D eigenvalue weighted by molar-refractivity contribution is 5.86. The molecule has 1 aliphatic heterocycles. The minimum Gasteiger partial charge on any atom is -0.368 e. The molecule has 2 aliphatic rings. The number of rotatable bonds is 7. The SMILES string of the molecule is CCN(CCNC(=O)C1(OC)CCNCC1)C1CC1.Cl.Cl. The van der Waals surface area contributed by atoms with Gasteiger partial charge in [-0.25, -0.2) is 0 Å². The monoisotopic (exact) mass is 341 g/mol. The molecular weight excluding hydrogens is 313 g/mol. The fourth-order valence-corrected chi connectivity index (χ4v) is 2.87. The van der Waals surface area contributed by atoms with Gasteiger partial charge in [0.05, 0.1) is 0 Å². The summed E-state index contributed by atoms with van der Waals surface area (Å²) in [4.78, 5) is 14.8. The molecule has 2 fully saturated rings. The average Bonchev–Trinajstić information content (AvgIpc) is 3.28. The molecule has 0 bridgehead atoms. The van der Waals surface area contributed by atoms with Gasteiger partial charge < -0.3 is 15.4 Å². The van der Waals surface area contributed by atoms with Crippen molar-refractivity contribution in [2.45, 2.75) is 44.2 Å². The standard InChI is InChI=1S/C14H27N3O2.2ClH/c1-3-17(12-4-5-12)11-10-16-13(18)14(19-2)6-8-15-9-7-14;;/h12,15H,3-11H2,1-2H3,(H,16,18);2*1H. The molecule has 0 atom stereocenters. The number of methoxy groups -OCH3 is 1. The summed E-state index contributed by atoms with van der Waals surface area (Å²) in [5.74, 6) is 0.0587. The maximum atomic E-state index is 12.3. The van der Waals surface area contributed by atoms with Gasteiger partial charge in [-0.2, -0.15) is 0 Å². The third kappa shape index (κ3) is 5.57. The number of carbonyl (C=O) groups excluding carboxylic acids is 1. The topological polar surface area (TPSA) is 53.6 Å². The van der Waals surface area contributed by atoms with Crippen molar-refractivity contribution in [1.29, 1.82) is 0 Å². The largest absolute Gasteiger partial charge is 0.368 e. The first kappa shape index (κ1) is 20.9. The van der Waals surface area contributed by atoms with Gasteiger partial charge in [0.1, 0.15) is 5.60 Å². The molecule has 0 aromatic rings. The molecule has 21 heavy (non-hydrogen) atoms. The van der Waals surface area contributed by atoms with Crippen LogP contribution in [-0.2, 0) is 9.53 Å². The van der Waals surface area contributed by atoms with Crippen molar-refractivity contribution in [2.75, 3.05) is 39.8 Å². The van der Waals surface area contributed by atoms with Crippen molar-refractivity contribution < 1.29 is 9.53 Å². The minimum atomic E-state index is -0.609. The van der Waals surface area contributed by atoms with Crippen LogP contribution in [0.2, 0.25) is 0 Å². The van der Waals surface area contributed by atoms with Gasteiger partial charge in [-0.15, -0.1) is 24.8 Å². The first-order chi connectivity index (χ1) is 9.22. The van der Waals surface area contributed by atoms with Crippen LogP contribution in [0.1, 0.15) is 32.6 Å². The third-order valence-electron chi connectivity index (χ3n) is 4.37. The van der Waals surface area contributed by atoms with Gasteiger partial charge in [0.25, 0.3) is 5.91 Å². The number of halogens is 2. The Labute approximate surface area is 140 Å². The van der Waals surface area contributed by atoms with Crippen molar-refractivity contribution in [3.8, 4) is 0 Å². The van der Waals surface area contributed by atoms with Crippen LogP contribution in [0.25, 0.3) is 0 Å². The number of hydrogen-bond acceptors (Lipinski definition) is 4. The van der Waals surface area contributed by atoms with E-state index < -0.39 is 5.60 Å². The average molecular weight is 342 g/mol. The molecule has 1 saturated heterocycles. The van der Waals surface area contributed by atoms with Crippen molar-refractivity contribution in [2.24, 2.45) is 0 Å². The molecular formula is C14H29Cl2N3O2. The number of nitrogens with one attached hydrogen (secondary N) is 2. The predicted octanol–water partition coefficient (Wildman–Crippen LogP) is 1.20. The van der Waals surface area contributed by atoms with Crippen LogP contribution >= 0.6 is 24.8 Å². The molecule has 2 rings (SSSR count). The molecule has 0 aromatic heterocycles. The molecule has 0 aromatic carbocycles. The normalized spacial score (nSPS) is 20.3. The van der Waals surface area contributed by atoms with E-state index in [0.717, 1.165) is 51.6 Å². The molecule has 0 spiro atoms. The van der Waals surface area contributed by atoms with Crippen LogP contribution in [0.15, 0.2) is 0 Å². The van der Waals surface area contributed by atoms with Crippen molar-refractivity contribution in [3.63, 3.8) is 0 Å². The molecule has 1 heterocycles. The van der Waals surface area contributed by atoms with Crippen molar-refractivity contribution in [1.82, 2.24) is 15.5 Å². The summed E-state index contributed by atoms with van der Waals surface area (Å²) in [6.07, 6.45) is 4.15. The quantitative estimate of drug-likeness (QED) is 0.730. The van der Waals surface area contributed by atoms with Crippen LogP contribution in [0, 0.1) is 0 Å². The van der Waals surface area contributed by atoms with Gasteiger partial charge in [0.15, 0.2) is 0 Å². The van der Waals surface area contributed by atoms with Gasteiger partial charge in [0, 0.05) is 26.2 Å². The number of nitrogens with zero attached hydrogens (tertiary/aromatic N) is 1. The first-order valence-corrected chi connectivity index (χ1v) is 7.50. The third-order valence-corrected chi connectivity index (χ3v) is 4.37. The van der Waals surface area contributed by atoms with E-state index in [4.69, 9.17) is 4.74 Å². The van der Waals surface area contributed by atoms with Crippen molar-refractivity contribution in [3.05, 3.63) is 0 Å². The molecule has 2 N–H and O–H groups in total. The van der Waals surface area contributed by atoms with E-state index in [-0.39, 0.29) is 30.7 Å². The second-order valence-corrected chi connectivity index (χ2v) is 5.56. The zero-order valence-corrected chi connectivity index (χ0v) is 14.7. The lowest BCUT2D eigenvalue weighted by atomic mass is 9.91. The number of carbonyl (C=O) groups is 1. The molecule has 0 radical (unpaired) electrons. The Morgan fingerprint density at radius 2 is 1.95 bits per heavy atom. The minimum absolute atomic E-state index is 0. The Kier molecular flexibility index (Phi) is 9.81. The fourth-order valence-electron chi connectivity index (χ4n) is 2.87. The number of ether oxygens (including phenoxy) is 1. The summed E-state index contributed by atoms with van der Waals surface area (Å²) in [7, 11) is 1.65. The van der Waals surface area contributed by atoms with Crippen molar-refractivity contribution >= 4 is 30.7 Å². The van der Waals surface area contributed by atoms with E-state index in [1.165, 1.54) is 12.8 Å². The Balaban J connectivity index is 0.00000200. The summed E-state index contributed by atoms with van der Waals surface area (Å²) in [6, 6.07) is 0.761. The maximum absolute atomic E-state index is 12.3. The second-order valence-electron chi connectivity index (χ2n) is 5.56. The van der Waals surface area contributed by atoms with Crippen LogP contribution in [0.5, 0.6) is 0 Å². The summed E-state index contributed by atoms with van der Waals surface area (Å²) < 4.78 is 5.52. The molecule has 1 aliphatic carbocycles. The highest BCUT2D eigenvalue weighted by Gasteiger charge is 2.39. The van der Waals surface area contributed by atoms with Crippen LogP contribution in [0.3, 0.4) is 0 Å². The zero-order chi connectivity index (χ0) is 13.7. The Bertz CT molecular complexity index is 309. The molecule has 126 valence electrons. The Morgan fingerprint density at radius 3 is 2.43 bits per heavy atom. The lowest BCUT2D eigenvalue weighted by Gasteiger charge is -2.35. The van der Waals surface area contributed by atoms with E-state index in [2.05, 4.69) is 22.5 Å². The summed E-state index contributed by atoms with van der Waals surface area (Å²) in [5.41, 5.74) is -0.609. The number of likely N-dealkylation sites (N-methyl/N-ethyl adjacent to an activating group) is 1. The molecule has 0 unspecified atom stereocenters. The first-order valence-electron chi connectivity index (χ1n) is 7.50. The summed E-state index contributed by atoms with van der Waals surface area (Å²) >= 11 is 0. The highest BCUT2D eigenvalue weighted by Crippen LogP contribution is 2.26. The van der Waals surface area contributed by atoms with Crippen LogP contribution in [-0.4, -0.2) is 62.3 Å². The van der Waals surface area contributed by atoms with Crippen LogP contribution in [0.4, 0.5) is 0 Å². The van der Waals surface area contributed by atoms with E-state index >= 15 is 0 Å². The molecule has 7 heteroatoms. The fraction of sp³-hybridized carbons (Fsp3) is 0.929. The molecule has 1 amide bonds. The Hall–Kier alpha value is -0.0700. The van der Waals surface area contributed by atoms with Crippen LogP contribution < -0.4 is 10.6 Å². The summed E-state index contributed by atoms with van der Waals surface area (Å²) in [6.45, 7) is 6.63. The van der Waals surface area contributed by atoms with Gasteiger partial charge in [-0.3, -0.25) is 9.69 Å². The number of piperidine rings is 1. The summed E-state index contributed by atoms with van der Waals surface area (Å²) in [5, 5.41) is 6.33. The van der Waals surface area contributed by atoms with E-state index in [0.29, 0.717) is 0 Å². The number of amides is 1. The van der Waals surface area contributed by atoms with Gasteiger partial charge >= 0.3 is 0 Å². The Morgan fingerprint density at radius 1 is 1.33 bits per heavy atom. The smallest absolute Gasteiger partial charge is 0.252 e. The predicted molar refractivity (Wildman–Crippen MR) is 89.6 cm³/mol. The van der Waals surface area contributed by atoms with Gasteiger partial charge in [-0.05, 0) is 45.3 Å².